The molecule has 0 spiro atoms. The zero-order valence-corrected chi connectivity index (χ0v) is 6.19. The molecular formula is C8H12O. The standard InChI is InChI=1S/C8H12O/c1-4-5-6-7(2)8(3)9/h7H,6H2,1-3H3. The average Bonchev–Trinajstić information content (AvgIpc) is 1.82. The molecule has 9 heavy (non-hydrogen) atoms. The largest absolute Gasteiger partial charge is 0.300 e. The SMILES string of the molecule is CC#CCC(C)C(C)=O. The lowest BCUT2D eigenvalue weighted by Gasteiger charge is -1.98. The molecule has 0 heterocycles. The van der Waals surface area contributed by atoms with Gasteiger partial charge in [0.15, 0.2) is 0 Å². The molecule has 0 aromatic rings. The summed E-state index contributed by atoms with van der Waals surface area (Å²) in [7, 11) is 0. The van der Waals surface area contributed by atoms with E-state index in [9.17, 15) is 4.79 Å². The van der Waals surface area contributed by atoms with Crippen LogP contribution in [-0.2, 0) is 4.79 Å². The summed E-state index contributed by atoms with van der Waals surface area (Å²) in [4.78, 5) is 10.6. The van der Waals surface area contributed by atoms with Gasteiger partial charge >= 0.3 is 0 Å². The van der Waals surface area contributed by atoms with Crippen LogP contribution in [0.15, 0.2) is 0 Å². The summed E-state index contributed by atoms with van der Waals surface area (Å²) in [5.41, 5.74) is 0. The molecule has 0 aliphatic carbocycles. The minimum Gasteiger partial charge on any atom is -0.300 e. The number of hydrogen-bond donors (Lipinski definition) is 0. The van der Waals surface area contributed by atoms with E-state index < -0.39 is 0 Å². The second kappa shape index (κ2) is 4.14. The molecule has 0 N–H and O–H groups in total. The fourth-order valence-electron chi connectivity index (χ4n) is 0.399. The summed E-state index contributed by atoms with van der Waals surface area (Å²) in [6, 6.07) is 0. The van der Waals surface area contributed by atoms with Gasteiger partial charge in [-0.25, -0.2) is 0 Å². The molecule has 0 aliphatic rings. The Morgan fingerprint density at radius 1 is 1.67 bits per heavy atom. The number of ketones is 1. The second-order valence-electron chi connectivity index (χ2n) is 2.14. The third kappa shape index (κ3) is 3.78. The summed E-state index contributed by atoms with van der Waals surface area (Å²) in [6.45, 7) is 5.28. The van der Waals surface area contributed by atoms with Gasteiger partial charge in [0, 0.05) is 12.3 Å². The Morgan fingerprint density at radius 2 is 2.22 bits per heavy atom. The third-order valence-electron chi connectivity index (χ3n) is 1.28. The monoisotopic (exact) mass is 124 g/mol. The Labute approximate surface area is 56.5 Å². The van der Waals surface area contributed by atoms with Crippen LogP contribution in [0.4, 0.5) is 0 Å². The zero-order chi connectivity index (χ0) is 7.28. The Morgan fingerprint density at radius 3 is 2.56 bits per heavy atom. The molecule has 1 heteroatoms. The molecule has 0 rings (SSSR count). The topological polar surface area (TPSA) is 17.1 Å². The van der Waals surface area contributed by atoms with Gasteiger partial charge in [-0.2, -0.15) is 0 Å². The van der Waals surface area contributed by atoms with Crippen LogP contribution in [0.3, 0.4) is 0 Å². The third-order valence-corrected chi connectivity index (χ3v) is 1.28. The van der Waals surface area contributed by atoms with Crippen LogP contribution in [0.2, 0.25) is 0 Å². The van der Waals surface area contributed by atoms with E-state index in [1.807, 2.05) is 6.92 Å². The lowest BCUT2D eigenvalue weighted by atomic mass is 10.0. The Balaban J connectivity index is 3.59. The van der Waals surface area contributed by atoms with Gasteiger partial charge in [0.1, 0.15) is 5.78 Å². The molecule has 1 atom stereocenters. The maximum Gasteiger partial charge on any atom is 0.133 e. The normalized spacial score (nSPS) is 11.4. The number of carbonyl (C=O) groups is 1. The molecule has 0 aromatic carbocycles. The molecule has 0 radical (unpaired) electrons. The van der Waals surface area contributed by atoms with Crippen molar-refractivity contribution in [2.24, 2.45) is 5.92 Å². The van der Waals surface area contributed by atoms with Crippen LogP contribution < -0.4 is 0 Å². The highest BCUT2D eigenvalue weighted by molar-refractivity contribution is 5.78. The van der Waals surface area contributed by atoms with Gasteiger partial charge in [0.2, 0.25) is 0 Å². The summed E-state index contributed by atoms with van der Waals surface area (Å²) in [6.07, 6.45) is 0.700. The van der Waals surface area contributed by atoms with Crippen molar-refractivity contribution in [2.75, 3.05) is 0 Å². The summed E-state index contributed by atoms with van der Waals surface area (Å²) in [5, 5.41) is 0. The Hall–Kier alpha value is -0.770. The van der Waals surface area contributed by atoms with E-state index in [1.165, 1.54) is 0 Å². The van der Waals surface area contributed by atoms with E-state index >= 15 is 0 Å². The zero-order valence-electron chi connectivity index (χ0n) is 6.19. The predicted molar refractivity (Wildman–Crippen MR) is 37.9 cm³/mol. The van der Waals surface area contributed by atoms with E-state index in [2.05, 4.69) is 11.8 Å². The number of rotatable bonds is 2. The molecule has 0 aliphatic heterocycles. The van der Waals surface area contributed by atoms with Gasteiger partial charge in [0.05, 0.1) is 0 Å². The smallest absolute Gasteiger partial charge is 0.133 e. The molecule has 0 aromatic heterocycles. The molecule has 1 nitrogen and oxygen atoms in total. The highest BCUT2D eigenvalue weighted by Crippen LogP contribution is 2.00. The van der Waals surface area contributed by atoms with Crippen LogP contribution in [0.5, 0.6) is 0 Å². The van der Waals surface area contributed by atoms with Crippen LogP contribution in [0.25, 0.3) is 0 Å². The Kier molecular flexibility index (Phi) is 3.79. The maximum atomic E-state index is 10.6. The number of hydrogen-bond acceptors (Lipinski definition) is 1. The predicted octanol–water partition coefficient (Wildman–Crippen LogP) is 1.62. The van der Waals surface area contributed by atoms with Crippen LogP contribution in [-0.4, -0.2) is 5.78 Å². The minimum atomic E-state index is 0.109. The average molecular weight is 124 g/mol. The van der Waals surface area contributed by atoms with Crippen molar-refractivity contribution in [3.63, 3.8) is 0 Å². The first-order valence-corrected chi connectivity index (χ1v) is 3.08. The van der Waals surface area contributed by atoms with Crippen LogP contribution in [0.1, 0.15) is 27.2 Å². The maximum absolute atomic E-state index is 10.6. The van der Waals surface area contributed by atoms with Crippen molar-refractivity contribution in [1.82, 2.24) is 0 Å². The molecule has 0 saturated heterocycles. The van der Waals surface area contributed by atoms with Gasteiger partial charge in [-0.05, 0) is 13.8 Å². The fourth-order valence-corrected chi connectivity index (χ4v) is 0.399. The molecule has 0 amide bonds. The van der Waals surface area contributed by atoms with Crippen molar-refractivity contribution < 1.29 is 4.79 Å². The van der Waals surface area contributed by atoms with Gasteiger partial charge < -0.3 is 0 Å². The molecular weight excluding hydrogens is 112 g/mol. The number of carbonyl (C=O) groups excluding carboxylic acids is 1. The molecule has 1 unspecified atom stereocenters. The van der Waals surface area contributed by atoms with Gasteiger partial charge in [-0.15, -0.1) is 11.8 Å². The first kappa shape index (κ1) is 8.23. The van der Waals surface area contributed by atoms with E-state index in [4.69, 9.17) is 0 Å². The number of Topliss-reactive ketones (excluding diaryl/α,β-unsaturated/α-hetero) is 1. The van der Waals surface area contributed by atoms with E-state index in [1.54, 1.807) is 13.8 Å². The lowest BCUT2D eigenvalue weighted by Crippen LogP contribution is -2.04. The van der Waals surface area contributed by atoms with Crippen molar-refractivity contribution >= 4 is 5.78 Å². The second-order valence-corrected chi connectivity index (χ2v) is 2.14. The van der Waals surface area contributed by atoms with E-state index in [0.29, 0.717) is 6.42 Å². The fraction of sp³-hybridized carbons (Fsp3) is 0.625. The first-order valence-electron chi connectivity index (χ1n) is 3.08. The van der Waals surface area contributed by atoms with Crippen LogP contribution in [0, 0.1) is 17.8 Å². The highest BCUT2D eigenvalue weighted by atomic mass is 16.1. The van der Waals surface area contributed by atoms with Gasteiger partial charge in [-0.3, -0.25) is 4.79 Å². The quantitative estimate of drug-likeness (QED) is 0.511. The Bertz CT molecular complexity index is 148. The summed E-state index contributed by atoms with van der Waals surface area (Å²) in [5.74, 6) is 5.94. The summed E-state index contributed by atoms with van der Waals surface area (Å²) < 4.78 is 0. The van der Waals surface area contributed by atoms with Crippen LogP contribution >= 0.6 is 0 Å². The summed E-state index contributed by atoms with van der Waals surface area (Å²) >= 11 is 0. The highest BCUT2D eigenvalue weighted by Gasteiger charge is 2.03. The minimum absolute atomic E-state index is 0.109. The van der Waals surface area contributed by atoms with Crippen molar-refractivity contribution in [3.8, 4) is 11.8 Å². The lowest BCUT2D eigenvalue weighted by molar-refractivity contribution is -0.120. The van der Waals surface area contributed by atoms with Gasteiger partial charge in [-0.1, -0.05) is 6.92 Å². The molecule has 0 fully saturated rings. The van der Waals surface area contributed by atoms with Gasteiger partial charge in [0.25, 0.3) is 0 Å². The van der Waals surface area contributed by atoms with Crippen molar-refractivity contribution in [3.05, 3.63) is 0 Å². The molecule has 0 bridgehead atoms. The first-order chi connectivity index (χ1) is 4.18. The van der Waals surface area contributed by atoms with E-state index in [0.717, 1.165) is 0 Å². The molecule has 0 saturated carbocycles. The molecule has 50 valence electrons. The van der Waals surface area contributed by atoms with E-state index in [-0.39, 0.29) is 11.7 Å². The van der Waals surface area contributed by atoms with Crippen molar-refractivity contribution in [2.45, 2.75) is 27.2 Å². The van der Waals surface area contributed by atoms with Crippen molar-refractivity contribution in [1.29, 1.82) is 0 Å².